The molecular weight excluding hydrogens is 356 g/mol. The zero-order valence-corrected chi connectivity index (χ0v) is 15.0. The minimum atomic E-state index is 0.211. The van der Waals surface area contributed by atoms with Crippen molar-refractivity contribution in [1.82, 2.24) is 25.4 Å². The van der Waals surface area contributed by atoms with Gasteiger partial charge in [-0.3, -0.25) is 4.99 Å². The summed E-state index contributed by atoms with van der Waals surface area (Å²) in [7, 11) is 3.71. The molecule has 0 saturated heterocycles. The summed E-state index contributed by atoms with van der Waals surface area (Å²) in [5.74, 6) is 1.66. The lowest BCUT2D eigenvalue weighted by Crippen LogP contribution is -2.41. The lowest BCUT2D eigenvalue weighted by Gasteiger charge is -2.20. The molecule has 0 radical (unpaired) electrons. The molecule has 6 nitrogen and oxygen atoms in total. The maximum Gasteiger partial charge on any atom is 0.191 e. The second kappa shape index (κ2) is 6.70. The number of hydrogen-bond donors (Lipinski definition) is 2. The van der Waals surface area contributed by atoms with E-state index in [-0.39, 0.29) is 5.41 Å². The number of nitrogens with one attached hydrogen (secondary N) is 2. The Morgan fingerprint density at radius 2 is 2.13 bits per heavy atom. The van der Waals surface area contributed by atoms with E-state index in [9.17, 15) is 0 Å². The lowest BCUT2D eigenvalue weighted by molar-refractivity contribution is 0.638. The minimum absolute atomic E-state index is 0.211. The van der Waals surface area contributed by atoms with E-state index in [4.69, 9.17) is 0 Å². The van der Waals surface area contributed by atoms with Gasteiger partial charge in [0, 0.05) is 30.5 Å². The fraction of sp³-hybridized carbons (Fsp3) is 0.438. The van der Waals surface area contributed by atoms with Crippen LogP contribution in [0.25, 0.3) is 0 Å². The monoisotopic (exact) mass is 376 g/mol. The summed E-state index contributed by atoms with van der Waals surface area (Å²) in [6.45, 7) is 1.46. The van der Waals surface area contributed by atoms with Gasteiger partial charge in [-0.1, -0.05) is 34.1 Å². The maximum atomic E-state index is 4.29. The summed E-state index contributed by atoms with van der Waals surface area (Å²) >= 11 is 3.67. The van der Waals surface area contributed by atoms with Gasteiger partial charge in [0.2, 0.25) is 0 Å². The third kappa shape index (κ3) is 3.55. The Morgan fingerprint density at radius 3 is 2.74 bits per heavy atom. The van der Waals surface area contributed by atoms with Crippen molar-refractivity contribution in [3.63, 3.8) is 0 Å². The standard InChI is InChI=1S/C16H21BrN6/c1-18-15(19-9-14-22-21-11-23(14)2)20-10-16(7-8-16)12-5-3-4-6-13(12)17/h3-6,11H,7-10H2,1-2H3,(H2,18,19,20). The van der Waals surface area contributed by atoms with Gasteiger partial charge in [0.05, 0.1) is 6.54 Å². The molecule has 122 valence electrons. The van der Waals surface area contributed by atoms with Crippen LogP contribution in [0.15, 0.2) is 40.1 Å². The molecule has 0 amide bonds. The fourth-order valence-electron chi connectivity index (χ4n) is 2.69. The lowest BCUT2D eigenvalue weighted by atomic mass is 9.96. The molecule has 1 saturated carbocycles. The Morgan fingerprint density at radius 1 is 1.35 bits per heavy atom. The zero-order valence-electron chi connectivity index (χ0n) is 13.4. The van der Waals surface area contributed by atoms with E-state index in [1.165, 1.54) is 22.9 Å². The highest BCUT2D eigenvalue weighted by Gasteiger charge is 2.45. The normalized spacial score (nSPS) is 16.2. The third-order valence-electron chi connectivity index (χ3n) is 4.34. The fourth-order valence-corrected chi connectivity index (χ4v) is 3.39. The smallest absolute Gasteiger partial charge is 0.191 e. The second-order valence-corrected chi connectivity index (χ2v) is 6.75. The highest BCUT2D eigenvalue weighted by Crippen LogP contribution is 2.49. The van der Waals surface area contributed by atoms with E-state index < -0.39 is 0 Å². The van der Waals surface area contributed by atoms with Crippen LogP contribution in [0.1, 0.15) is 24.2 Å². The molecule has 0 atom stereocenters. The van der Waals surface area contributed by atoms with Crippen molar-refractivity contribution < 1.29 is 0 Å². The van der Waals surface area contributed by atoms with Crippen LogP contribution in [0.4, 0.5) is 0 Å². The van der Waals surface area contributed by atoms with E-state index in [2.05, 4.69) is 66.0 Å². The maximum absolute atomic E-state index is 4.29. The van der Waals surface area contributed by atoms with Crippen LogP contribution in [0.3, 0.4) is 0 Å². The van der Waals surface area contributed by atoms with Crippen LogP contribution < -0.4 is 10.6 Å². The Balaban J connectivity index is 1.58. The molecule has 1 fully saturated rings. The van der Waals surface area contributed by atoms with Crippen molar-refractivity contribution in [3.8, 4) is 0 Å². The molecule has 2 aromatic rings. The molecule has 1 aliphatic rings. The number of nitrogens with zero attached hydrogens (tertiary/aromatic N) is 4. The van der Waals surface area contributed by atoms with E-state index >= 15 is 0 Å². The highest BCUT2D eigenvalue weighted by molar-refractivity contribution is 9.10. The highest BCUT2D eigenvalue weighted by atomic mass is 79.9. The molecular formula is C16H21BrN6. The second-order valence-electron chi connectivity index (χ2n) is 5.90. The largest absolute Gasteiger partial charge is 0.356 e. The van der Waals surface area contributed by atoms with Crippen LogP contribution >= 0.6 is 15.9 Å². The number of rotatable bonds is 5. The number of hydrogen-bond acceptors (Lipinski definition) is 3. The Bertz CT molecular complexity index is 704. The van der Waals surface area contributed by atoms with Gasteiger partial charge in [0.1, 0.15) is 6.33 Å². The minimum Gasteiger partial charge on any atom is -0.356 e. The van der Waals surface area contributed by atoms with Crippen molar-refractivity contribution in [2.75, 3.05) is 13.6 Å². The molecule has 0 unspecified atom stereocenters. The van der Waals surface area contributed by atoms with Gasteiger partial charge in [-0.15, -0.1) is 10.2 Å². The van der Waals surface area contributed by atoms with Crippen molar-refractivity contribution in [2.45, 2.75) is 24.8 Å². The molecule has 0 bridgehead atoms. The Kier molecular flexibility index (Phi) is 4.66. The zero-order chi connectivity index (χ0) is 16.3. The summed E-state index contributed by atoms with van der Waals surface area (Å²) in [6.07, 6.45) is 4.09. The van der Waals surface area contributed by atoms with Crippen molar-refractivity contribution >= 4 is 21.9 Å². The van der Waals surface area contributed by atoms with E-state index in [1.54, 1.807) is 13.4 Å². The molecule has 7 heteroatoms. The molecule has 1 aromatic heterocycles. The van der Waals surface area contributed by atoms with E-state index in [1.807, 2.05) is 11.6 Å². The van der Waals surface area contributed by atoms with Gasteiger partial charge in [0.15, 0.2) is 11.8 Å². The van der Waals surface area contributed by atoms with Crippen molar-refractivity contribution in [2.24, 2.45) is 12.0 Å². The van der Waals surface area contributed by atoms with Crippen molar-refractivity contribution in [1.29, 1.82) is 0 Å². The van der Waals surface area contributed by atoms with Gasteiger partial charge in [-0.25, -0.2) is 0 Å². The number of aliphatic imine (C=N–C) groups is 1. The summed E-state index contributed by atoms with van der Waals surface area (Å²) in [6, 6.07) is 8.46. The number of aromatic nitrogens is 3. The molecule has 3 rings (SSSR count). The van der Waals surface area contributed by atoms with Gasteiger partial charge in [-0.2, -0.15) is 0 Å². The van der Waals surface area contributed by atoms with Gasteiger partial charge in [-0.05, 0) is 24.5 Å². The van der Waals surface area contributed by atoms with Crippen molar-refractivity contribution in [3.05, 3.63) is 46.5 Å². The summed E-state index contributed by atoms with van der Waals surface area (Å²) in [5.41, 5.74) is 1.58. The summed E-state index contributed by atoms with van der Waals surface area (Å²) in [5, 5.41) is 14.7. The first-order chi connectivity index (χ1) is 11.1. The van der Waals surface area contributed by atoms with Gasteiger partial charge >= 0.3 is 0 Å². The third-order valence-corrected chi connectivity index (χ3v) is 5.03. The Labute approximate surface area is 144 Å². The van der Waals surface area contributed by atoms with Crippen LogP contribution in [-0.2, 0) is 19.0 Å². The van der Waals surface area contributed by atoms with Gasteiger partial charge < -0.3 is 15.2 Å². The first-order valence-corrected chi connectivity index (χ1v) is 8.46. The number of guanidine groups is 1. The average Bonchev–Trinajstić information content (AvgIpc) is 3.23. The predicted octanol–water partition coefficient (Wildman–Crippen LogP) is 1.97. The predicted molar refractivity (Wildman–Crippen MR) is 94.3 cm³/mol. The number of halogens is 1. The molecule has 0 spiro atoms. The van der Waals surface area contributed by atoms with Crippen LogP contribution in [0.2, 0.25) is 0 Å². The first-order valence-electron chi connectivity index (χ1n) is 7.67. The van der Waals surface area contributed by atoms with Gasteiger partial charge in [0.25, 0.3) is 0 Å². The molecule has 1 heterocycles. The topological polar surface area (TPSA) is 67.1 Å². The van der Waals surface area contributed by atoms with E-state index in [0.717, 1.165) is 18.3 Å². The van der Waals surface area contributed by atoms with Crippen LogP contribution in [-0.4, -0.2) is 34.3 Å². The number of benzene rings is 1. The molecule has 1 aromatic carbocycles. The number of aryl methyl sites for hydroxylation is 1. The molecule has 0 aliphatic heterocycles. The van der Waals surface area contributed by atoms with Crippen LogP contribution in [0.5, 0.6) is 0 Å². The average molecular weight is 377 g/mol. The molecule has 1 aliphatic carbocycles. The van der Waals surface area contributed by atoms with E-state index in [0.29, 0.717) is 6.54 Å². The summed E-state index contributed by atoms with van der Waals surface area (Å²) < 4.78 is 3.07. The van der Waals surface area contributed by atoms with Crippen LogP contribution in [0, 0.1) is 0 Å². The quantitative estimate of drug-likeness (QED) is 0.618. The molecule has 23 heavy (non-hydrogen) atoms. The first kappa shape index (κ1) is 16.0. The Hall–Kier alpha value is -1.89. The molecule has 2 N–H and O–H groups in total. The SMILES string of the molecule is CN=C(NCc1nncn1C)NCC1(c2ccccc2Br)CC1. The summed E-state index contributed by atoms with van der Waals surface area (Å²) in [4.78, 5) is 4.29.